The molecule has 1 heterocycles. The summed E-state index contributed by atoms with van der Waals surface area (Å²) in [5, 5.41) is 2.85. The van der Waals surface area contributed by atoms with Gasteiger partial charge in [-0.25, -0.2) is 17.6 Å². The fraction of sp³-hybridized carbons (Fsp3) is 0.300. The summed E-state index contributed by atoms with van der Waals surface area (Å²) in [5.74, 6) is -1.35. The summed E-state index contributed by atoms with van der Waals surface area (Å²) in [7, 11) is -2.53. The van der Waals surface area contributed by atoms with Gasteiger partial charge in [0.25, 0.3) is 5.91 Å². The number of nitrogens with zero attached hydrogens (tertiary/aromatic N) is 1. The summed E-state index contributed by atoms with van der Waals surface area (Å²) < 4.78 is 44.7. The molecule has 1 aliphatic heterocycles. The van der Waals surface area contributed by atoms with E-state index in [1.807, 2.05) is 0 Å². The fourth-order valence-corrected chi connectivity index (χ4v) is 4.68. The first kappa shape index (κ1) is 20.9. The van der Waals surface area contributed by atoms with E-state index >= 15 is 0 Å². The molecule has 0 unspecified atom stereocenters. The molecule has 154 valence electrons. The Bertz CT molecular complexity index is 1000. The second kappa shape index (κ2) is 8.71. The highest BCUT2D eigenvalue weighted by molar-refractivity contribution is 7.89. The third kappa shape index (κ3) is 4.80. The van der Waals surface area contributed by atoms with Gasteiger partial charge in [-0.15, -0.1) is 0 Å². The molecule has 1 amide bonds. The van der Waals surface area contributed by atoms with Crippen molar-refractivity contribution in [2.45, 2.75) is 23.8 Å². The van der Waals surface area contributed by atoms with E-state index < -0.39 is 21.8 Å². The van der Waals surface area contributed by atoms with Crippen molar-refractivity contribution in [2.75, 3.05) is 20.2 Å². The fourth-order valence-electron chi connectivity index (χ4n) is 3.16. The normalized spacial score (nSPS) is 15.7. The van der Waals surface area contributed by atoms with Gasteiger partial charge in [-0.3, -0.25) is 4.79 Å². The van der Waals surface area contributed by atoms with Crippen LogP contribution in [0, 0.1) is 5.82 Å². The molecule has 1 fully saturated rings. The molecule has 0 saturated carbocycles. The lowest BCUT2D eigenvalue weighted by molar-refractivity contribution is 0.0600. The van der Waals surface area contributed by atoms with E-state index in [0.29, 0.717) is 18.4 Å². The molecule has 1 saturated heterocycles. The largest absolute Gasteiger partial charge is 0.465 e. The number of nitrogens with one attached hydrogen (secondary N) is 1. The van der Waals surface area contributed by atoms with Crippen molar-refractivity contribution in [3.8, 4) is 0 Å². The van der Waals surface area contributed by atoms with Gasteiger partial charge >= 0.3 is 5.97 Å². The zero-order chi connectivity index (χ0) is 21.0. The van der Waals surface area contributed by atoms with Crippen LogP contribution in [-0.2, 0) is 14.8 Å². The van der Waals surface area contributed by atoms with E-state index in [9.17, 15) is 22.4 Å². The Morgan fingerprint density at radius 2 is 1.72 bits per heavy atom. The Morgan fingerprint density at radius 3 is 2.34 bits per heavy atom. The number of ether oxygens (including phenoxy) is 1. The van der Waals surface area contributed by atoms with Crippen LogP contribution in [0.5, 0.6) is 0 Å². The molecule has 1 N–H and O–H groups in total. The zero-order valence-electron chi connectivity index (χ0n) is 15.8. The van der Waals surface area contributed by atoms with Crippen molar-refractivity contribution in [2.24, 2.45) is 0 Å². The third-order valence-corrected chi connectivity index (χ3v) is 6.68. The van der Waals surface area contributed by atoms with Crippen LogP contribution < -0.4 is 5.32 Å². The molecule has 0 radical (unpaired) electrons. The number of rotatable bonds is 5. The number of methoxy groups -OCH3 is 1. The smallest absolute Gasteiger partial charge is 0.337 e. The monoisotopic (exact) mass is 420 g/mol. The summed E-state index contributed by atoms with van der Waals surface area (Å²) in [6.45, 7) is 0.471. The highest BCUT2D eigenvalue weighted by atomic mass is 32.2. The van der Waals surface area contributed by atoms with Gasteiger partial charge in [-0.2, -0.15) is 4.31 Å². The van der Waals surface area contributed by atoms with Gasteiger partial charge in [0.05, 0.1) is 17.6 Å². The number of piperidine rings is 1. The molecule has 0 bridgehead atoms. The third-order valence-electron chi connectivity index (χ3n) is 4.79. The van der Waals surface area contributed by atoms with Gasteiger partial charge in [0.1, 0.15) is 5.82 Å². The van der Waals surface area contributed by atoms with Crippen LogP contribution in [0.25, 0.3) is 0 Å². The molecule has 0 spiro atoms. The molecule has 0 aromatic heterocycles. The Morgan fingerprint density at radius 1 is 1.07 bits per heavy atom. The number of carbonyl (C=O) groups excluding carboxylic acids is 2. The molecule has 0 atom stereocenters. The van der Waals surface area contributed by atoms with Crippen molar-refractivity contribution < 1.29 is 27.1 Å². The summed E-state index contributed by atoms with van der Waals surface area (Å²) in [4.78, 5) is 23.9. The SMILES string of the molecule is COC(=O)c1cccc(S(=O)(=O)N2CCC(NC(=O)c3ccc(F)cc3)CC2)c1. The minimum atomic E-state index is -3.76. The van der Waals surface area contributed by atoms with Crippen LogP contribution >= 0.6 is 0 Å². The number of esters is 1. The van der Waals surface area contributed by atoms with E-state index in [4.69, 9.17) is 0 Å². The van der Waals surface area contributed by atoms with Crippen LogP contribution in [-0.4, -0.2) is 50.8 Å². The first-order chi connectivity index (χ1) is 13.8. The van der Waals surface area contributed by atoms with E-state index in [1.165, 1.54) is 59.9 Å². The molecule has 1 aliphatic rings. The average Bonchev–Trinajstić information content (AvgIpc) is 2.74. The number of amides is 1. The van der Waals surface area contributed by atoms with Crippen molar-refractivity contribution >= 4 is 21.9 Å². The van der Waals surface area contributed by atoms with Crippen LogP contribution in [0.3, 0.4) is 0 Å². The molecule has 3 rings (SSSR count). The maximum absolute atomic E-state index is 13.0. The van der Waals surface area contributed by atoms with E-state index in [1.54, 1.807) is 0 Å². The van der Waals surface area contributed by atoms with Crippen molar-refractivity contribution in [1.29, 1.82) is 0 Å². The Hall–Kier alpha value is -2.78. The highest BCUT2D eigenvalue weighted by Gasteiger charge is 2.30. The number of carbonyl (C=O) groups is 2. The summed E-state index contributed by atoms with van der Waals surface area (Å²) in [6, 6.07) is 10.8. The maximum Gasteiger partial charge on any atom is 0.337 e. The molecular weight excluding hydrogens is 399 g/mol. The van der Waals surface area contributed by atoms with Gasteiger partial charge in [-0.05, 0) is 55.3 Å². The minimum absolute atomic E-state index is 0.0224. The van der Waals surface area contributed by atoms with E-state index in [-0.39, 0.29) is 35.5 Å². The van der Waals surface area contributed by atoms with Gasteiger partial charge in [0, 0.05) is 24.7 Å². The van der Waals surface area contributed by atoms with Gasteiger partial charge < -0.3 is 10.1 Å². The number of sulfonamides is 1. The predicted octanol–water partition coefficient (Wildman–Crippen LogP) is 2.20. The van der Waals surface area contributed by atoms with Crippen LogP contribution in [0.4, 0.5) is 4.39 Å². The lowest BCUT2D eigenvalue weighted by Gasteiger charge is -2.31. The lowest BCUT2D eigenvalue weighted by Crippen LogP contribution is -2.46. The lowest BCUT2D eigenvalue weighted by atomic mass is 10.1. The van der Waals surface area contributed by atoms with Gasteiger partial charge in [0.2, 0.25) is 10.0 Å². The van der Waals surface area contributed by atoms with E-state index in [2.05, 4.69) is 10.1 Å². The molecule has 7 nitrogen and oxygen atoms in total. The summed E-state index contributed by atoms with van der Waals surface area (Å²) in [6.07, 6.45) is 0.895. The Balaban J connectivity index is 1.63. The van der Waals surface area contributed by atoms with Crippen molar-refractivity contribution in [3.05, 3.63) is 65.5 Å². The Labute approximate surface area is 168 Å². The van der Waals surface area contributed by atoms with E-state index in [0.717, 1.165) is 0 Å². The second-order valence-corrected chi connectivity index (χ2v) is 8.62. The van der Waals surface area contributed by atoms with Crippen LogP contribution in [0.1, 0.15) is 33.6 Å². The number of halogens is 1. The molecule has 0 aliphatic carbocycles. The molecule has 9 heteroatoms. The number of benzene rings is 2. The molecule has 2 aromatic carbocycles. The second-order valence-electron chi connectivity index (χ2n) is 6.68. The molecule has 29 heavy (non-hydrogen) atoms. The first-order valence-corrected chi connectivity index (χ1v) is 10.5. The van der Waals surface area contributed by atoms with Gasteiger partial charge in [-0.1, -0.05) is 6.07 Å². The summed E-state index contributed by atoms with van der Waals surface area (Å²) in [5.41, 5.74) is 0.510. The van der Waals surface area contributed by atoms with Crippen LogP contribution in [0.2, 0.25) is 0 Å². The summed E-state index contributed by atoms with van der Waals surface area (Å²) >= 11 is 0. The maximum atomic E-state index is 13.0. The average molecular weight is 420 g/mol. The quantitative estimate of drug-likeness (QED) is 0.749. The highest BCUT2D eigenvalue weighted by Crippen LogP contribution is 2.22. The standard InChI is InChI=1S/C20H21FN2O5S/c1-28-20(25)15-3-2-4-18(13-15)29(26,27)23-11-9-17(10-12-23)22-19(24)14-5-7-16(21)8-6-14/h2-8,13,17H,9-12H2,1H3,(H,22,24). The van der Waals surface area contributed by atoms with Crippen molar-refractivity contribution in [3.63, 3.8) is 0 Å². The Kier molecular flexibility index (Phi) is 6.29. The minimum Gasteiger partial charge on any atom is -0.465 e. The first-order valence-electron chi connectivity index (χ1n) is 9.06. The molecular formula is C20H21FN2O5S. The number of hydrogen-bond acceptors (Lipinski definition) is 5. The topological polar surface area (TPSA) is 92.8 Å². The van der Waals surface area contributed by atoms with Crippen LogP contribution in [0.15, 0.2) is 53.4 Å². The molecule has 2 aromatic rings. The zero-order valence-corrected chi connectivity index (χ0v) is 16.6. The predicted molar refractivity (Wildman–Crippen MR) is 103 cm³/mol. The van der Waals surface area contributed by atoms with Gasteiger partial charge in [0.15, 0.2) is 0 Å². The number of hydrogen-bond donors (Lipinski definition) is 1. The van der Waals surface area contributed by atoms with Crippen molar-refractivity contribution in [1.82, 2.24) is 9.62 Å².